The van der Waals surface area contributed by atoms with Crippen molar-refractivity contribution in [3.8, 4) is 0 Å². The Morgan fingerprint density at radius 2 is 1.62 bits per heavy atom. The van der Waals surface area contributed by atoms with Crippen LogP contribution in [0.3, 0.4) is 0 Å². The SMILES string of the molecule is Cc1ccc(N(C)C(=O)CN2C(=O)c3ccccc3C2=O)c(C)c1CO. The molecule has 0 spiro atoms. The molecule has 6 nitrogen and oxygen atoms in total. The number of amides is 3. The summed E-state index contributed by atoms with van der Waals surface area (Å²) in [5, 5.41) is 9.54. The van der Waals surface area contributed by atoms with E-state index < -0.39 is 11.8 Å². The van der Waals surface area contributed by atoms with Gasteiger partial charge in [-0.2, -0.15) is 0 Å². The van der Waals surface area contributed by atoms with E-state index in [1.165, 1.54) is 4.90 Å². The lowest BCUT2D eigenvalue weighted by atomic mass is 10.0. The Morgan fingerprint density at radius 1 is 1.04 bits per heavy atom. The van der Waals surface area contributed by atoms with Crippen molar-refractivity contribution in [2.75, 3.05) is 18.5 Å². The highest BCUT2D eigenvalue weighted by Crippen LogP contribution is 2.27. The van der Waals surface area contributed by atoms with Gasteiger partial charge < -0.3 is 10.0 Å². The van der Waals surface area contributed by atoms with Gasteiger partial charge in [0.2, 0.25) is 5.91 Å². The fourth-order valence-corrected chi connectivity index (χ4v) is 3.24. The second-order valence-corrected chi connectivity index (χ2v) is 6.36. The second-order valence-electron chi connectivity index (χ2n) is 6.36. The Bertz CT molecular complexity index is 885. The lowest BCUT2D eigenvalue weighted by molar-refractivity contribution is -0.118. The minimum absolute atomic E-state index is 0.119. The molecule has 0 fully saturated rings. The van der Waals surface area contributed by atoms with Gasteiger partial charge in [-0.15, -0.1) is 0 Å². The van der Waals surface area contributed by atoms with Gasteiger partial charge in [0.1, 0.15) is 6.54 Å². The summed E-state index contributed by atoms with van der Waals surface area (Å²) in [6, 6.07) is 10.2. The summed E-state index contributed by atoms with van der Waals surface area (Å²) in [6.07, 6.45) is 0. The molecule has 1 aliphatic heterocycles. The summed E-state index contributed by atoms with van der Waals surface area (Å²) in [7, 11) is 1.60. The van der Waals surface area contributed by atoms with Gasteiger partial charge in [-0.3, -0.25) is 19.3 Å². The summed E-state index contributed by atoms with van der Waals surface area (Å²) in [5.41, 5.74) is 3.79. The average Bonchev–Trinajstić information content (AvgIpc) is 2.87. The number of likely N-dealkylation sites (N-methyl/N-ethyl adjacent to an activating group) is 1. The zero-order chi connectivity index (χ0) is 19.0. The van der Waals surface area contributed by atoms with Crippen molar-refractivity contribution in [3.63, 3.8) is 0 Å². The highest BCUT2D eigenvalue weighted by atomic mass is 16.3. The fourth-order valence-electron chi connectivity index (χ4n) is 3.24. The van der Waals surface area contributed by atoms with Gasteiger partial charge in [0.05, 0.1) is 17.7 Å². The Kier molecular flexibility index (Phi) is 4.61. The van der Waals surface area contributed by atoms with E-state index in [9.17, 15) is 19.5 Å². The molecule has 0 atom stereocenters. The molecule has 0 aromatic heterocycles. The first-order valence-electron chi connectivity index (χ1n) is 8.28. The maximum Gasteiger partial charge on any atom is 0.262 e. The molecule has 0 bridgehead atoms. The van der Waals surface area contributed by atoms with Gasteiger partial charge in [0.25, 0.3) is 11.8 Å². The second kappa shape index (κ2) is 6.72. The third kappa shape index (κ3) is 2.78. The normalized spacial score (nSPS) is 13.2. The number of aliphatic hydroxyl groups is 1. The quantitative estimate of drug-likeness (QED) is 0.855. The minimum Gasteiger partial charge on any atom is -0.392 e. The number of imide groups is 1. The van der Waals surface area contributed by atoms with Crippen molar-refractivity contribution >= 4 is 23.4 Å². The number of rotatable bonds is 4. The van der Waals surface area contributed by atoms with Crippen LogP contribution in [0.4, 0.5) is 5.69 Å². The van der Waals surface area contributed by atoms with Gasteiger partial charge in [0, 0.05) is 12.7 Å². The Balaban J connectivity index is 1.84. The number of anilines is 1. The van der Waals surface area contributed by atoms with Crippen molar-refractivity contribution in [1.29, 1.82) is 0 Å². The molecule has 1 N–H and O–H groups in total. The number of aryl methyl sites for hydroxylation is 1. The third-order valence-corrected chi connectivity index (χ3v) is 4.87. The molecule has 0 unspecified atom stereocenters. The number of hydrogen-bond acceptors (Lipinski definition) is 4. The highest BCUT2D eigenvalue weighted by Gasteiger charge is 2.36. The number of carbonyl (C=O) groups is 3. The van der Waals surface area contributed by atoms with Crippen LogP contribution in [0.2, 0.25) is 0 Å². The first kappa shape index (κ1) is 17.8. The van der Waals surface area contributed by atoms with E-state index in [2.05, 4.69) is 0 Å². The maximum absolute atomic E-state index is 12.7. The van der Waals surface area contributed by atoms with E-state index in [1.54, 1.807) is 37.4 Å². The minimum atomic E-state index is -0.455. The summed E-state index contributed by atoms with van der Waals surface area (Å²) in [6.45, 7) is 3.28. The van der Waals surface area contributed by atoms with E-state index in [0.717, 1.165) is 21.6 Å². The molecule has 0 saturated carbocycles. The van der Waals surface area contributed by atoms with Gasteiger partial charge in [0.15, 0.2) is 0 Å². The van der Waals surface area contributed by atoms with Crippen LogP contribution >= 0.6 is 0 Å². The number of hydrogen-bond donors (Lipinski definition) is 1. The molecule has 0 radical (unpaired) electrons. The Morgan fingerprint density at radius 3 is 2.15 bits per heavy atom. The lowest BCUT2D eigenvalue weighted by Crippen LogP contribution is -2.41. The van der Waals surface area contributed by atoms with E-state index >= 15 is 0 Å². The molecule has 2 aromatic rings. The van der Waals surface area contributed by atoms with Crippen LogP contribution in [-0.2, 0) is 11.4 Å². The third-order valence-electron chi connectivity index (χ3n) is 4.87. The first-order valence-corrected chi connectivity index (χ1v) is 8.28. The number of carbonyl (C=O) groups excluding carboxylic acids is 3. The van der Waals surface area contributed by atoms with Crippen molar-refractivity contribution in [3.05, 3.63) is 64.2 Å². The van der Waals surface area contributed by atoms with Crippen molar-refractivity contribution in [2.45, 2.75) is 20.5 Å². The molecule has 3 amide bonds. The maximum atomic E-state index is 12.7. The zero-order valence-electron chi connectivity index (χ0n) is 14.9. The standard InChI is InChI=1S/C20H20N2O4/c1-12-8-9-17(13(2)16(12)11-23)21(3)18(24)10-22-19(25)14-6-4-5-7-15(14)20(22)26/h4-9,23H,10-11H2,1-3H3. The van der Waals surface area contributed by atoms with Crippen LogP contribution in [0.15, 0.2) is 36.4 Å². The molecule has 6 heteroatoms. The fraction of sp³-hybridized carbons (Fsp3) is 0.250. The van der Waals surface area contributed by atoms with Crippen LogP contribution in [0.1, 0.15) is 37.4 Å². The van der Waals surface area contributed by atoms with E-state index in [1.807, 2.05) is 19.9 Å². The monoisotopic (exact) mass is 352 g/mol. The zero-order valence-corrected chi connectivity index (χ0v) is 14.9. The Labute approximate surface area is 151 Å². The van der Waals surface area contributed by atoms with Gasteiger partial charge in [-0.05, 0) is 48.7 Å². The number of benzene rings is 2. The molecule has 26 heavy (non-hydrogen) atoms. The van der Waals surface area contributed by atoms with Crippen molar-refractivity contribution < 1.29 is 19.5 Å². The smallest absolute Gasteiger partial charge is 0.262 e. The van der Waals surface area contributed by atoms with E-state index in [-0.39, 0.29) is 19.1 Å². The largest absolute Gasteiger partial charge is 0.392 e. The molecule has 134 valence electrons. The van der Waals surface area contributed by atoms with Crippen LogP contribution in [-0.4, -0.2) is 41.3 Å². The molecule has 1 aliphatic rings. The number of fused-ring (bicyclic) bond motifs is 1. The molecule has 1 heterocycles. The summed E-state index contributed by atoms with van der Waals surface area (Å²) in [4.78, 5) is 39.9. The Hall–Kier alpha value is -2.99. The molecule has 3 rings (SSSR count). The number of aliphatic hydroxyl groups excluding tert-OH is 1. The predicted molar refractivity (Wildman–Crippen MR) is 97.1 cm³/mol. The summed E-state index contributed by atoms with van der Waals surface area (Å²) >= 11 is 0. The predicted octanol–water partition coefficient (Wildman–Crippen LogP) is 2.05. The van der Waals surface area contributed by atoms with Crippen LogP contribution < -0.4 is 4.90 Å². The van der Waals surface area contributed by atoms with Gasteiger partial charge in [-0.25, -0.2) is 0 Å². The molecule has 0 aliphatic carbocycles. The van der Waals surface area contributed by atoms with Crippen molar-refractivity contribution in [1.82, 2.24) is 4.90 Å². The summed E-state index contributed by atoms with van der Waals surface area (Å²) < 4.78 is 0. The van der Waals surface area contributed by atoms with Gasteiger partial charge >= 0.3 is 0 Å². The van der Waals surface area contributed by atoms with E-state index in [0.29, 0.717) is 16.8 Å². The lowest BCUT2D eigenvalue weighted by Gasteiger charge is -2.24. The molecule has 2 aromatic carbocycles. The van der Waals surface area contributed by atoms with Crippen LogP contribution in [0.5, 0.6) is 0 Å². The average molecular weight is 352 g/mol. The van der Waals surface area contributed by atoms with Crippen LogP contribution in [0, 0.1) is 13.8 Å². The number of nitrogens with zero attached hydrogens (tertiary/aromatic N) is 2. The van der Waals surface area contributed by atoms with Crippen molar-refractivity contribution in [2.24, 2.45) is 0 Å². The van der Waals surface area contributed by atoms with Gasteiger partial charge in [-0.1, -0.05) is 18.2 Å². The molecular formula is C20H20N2O4. The van der Waals surface area contributed by atoms with Crippen LogP contribution in [0.25, 0.3) is 0 Å². The summed E-state index contributed by atoms with van der Waals surface area (Å²) in [5.74, 6) is -1.29. The van der Waals surface area contributed by atoms with E-state index in [4.69, 9.17) is 0 Å². The highest BCUT2D eigenvalue weighted by molar-refractivity contribution is 6.22. The topological polar surface area (TPSA) is 77.9 Å². The molecule has 0 saturated heterocycles. The molecular weight excluding hydrogens is 332 g/mol. The first-order chi connectivity index (χ1) is 12.4.